The summed E-state index contributed by atoms with van der Waals surface area (Å²) in [4.78, 5) is 14.0. The topological polar surface area (TPSA) is 40.5 Å². The molecule has 2 aliphatic rings. The van der Waals surface area contributed by atoms with Crippen LogP contribution in [0.1, 0.15) is 74.1 Å². The molecule has 1 heterocycles. The second kappa shape index (κ2) is 11.1. The first-order valence-corrected chi connectivity index (χ1v) is 13.6. The molecule has 1 N–H and O–H groups in total. The molecule has 1 aliphatic heterocycles. The summed E-state index contributed by atoms with van der Waals surface area (Å²) in [7, 11) is 0. The van der Waals surface area contributed by atoms with Gasteiger partial charge in [0.1, 0.15) is 0 Å². The SMILES string of the molecule is Cc1cc(C)c(C2=C(c3ccc(C=C4CN(CCCF)C4)cc3)c3ccc(C(=O)O)cc3CCC2)c(C)c1. The molecule has 0 bridgehead atoms. The van der Waals surface area contributed by atoms with Crippen molar-refractivity contribution >= 4 is 23.2 Å². The van der Waals surface area contributed by atoms with E-state index in [1.165, 1.54) is 44.5 Å². The second-order valence-electron chi connectivity index (χ2n) is 10.8. The van der Waals surface area contributed by atoms with Crippen molar-refractivity contribution in [3.8, 4) is 0 Å². The zero-order valence-corrected chi connectivity index (χ0v) is 22.6. The number of carbonyl (C=O) groups is 1. The minimum atomic E-state index is -0.885. The fourth-order valence-corrected chi connectivity index (χ4v) is 6.20. The summed E-state index contributed by atoms with van der Waals surface area (Å²) in [6.45, 7) is 8.95. The first kappa shape index (κ1) is 26.1. The summed E-state index contributed by atoms with van der Waals surface area (Å²) in [5.41, 5.74) is 14.0. The number of aryl methyl sites for hydroxylation is 4. The molecule has 38 heavy (non-hydrogen) atoms. The monoisotopic (exact) mass is 509 g/mol. The number of fused-ring (bicyclic) bond motifs is 1. The minimum Gasteiger partial charge on any atom is -0.478 e. The highest BCUT2D eigenvalue weighted by atomic mass is 19.1. The molecule has 0 atom stereocenters. The Labute approximate surface area is 225 Å². The predicted molar refractivity (Wildman–Crippen MR) is 154 cm³/mol. The Morgan fingerprint density at radius 1 is 0.974 bits per heavy atom. The molecule has 0 unspecified atom stereocenters. The Bertz CT molecular complexity index is 1400. The lowest BCUT2D eigenvalue weighted by Crippen LogP contribution is -2.40. The number of carboxylic acids is 1. The maximum Gasteiger partial charge on any atom is 0.335 e. The van der Waals surface area contributed by atoms with Gasteiger partial charge in [0, 0.05) is 19.6 Å². The van der Waals surface area contributed by atoms with E-state index in [9.17, 15) is 14.3 Å². The van der Waals surface area contributed by atoms with E-state index in [4.69, 9.17) is 0 Å². The van der Waals surface area contributed by atoms with E-state index in [0.29, 0.717) is 12.0 Å². The van der Waals surface area contributed by atoms with E-state index in [1.807, 2.05) is 12.1 Å². The van der Waals surface area contributed by atoms with Gasteiger partial charge < -0.3 is 5.11 Å². The maximum absolute atomic E-state index is 12.4. The molecule has 0 spiro atoms. The molecule has 196 valence electrons. The summed E-state index contributed by atoms with van der Waals surface area (Å²) in [6, 6.07) is 18.9. The van der Waals surface area contributed by atoms with Gasteiger partial charge in [0.15, 0.2) is 0 Å². The van der Waals surface area contributed by atoms with Gasteiger partial charge in [-0.05, 0) is 114 Å². The summed E-state index contributed by atoms with van der Waals surface area (Å²) in [5, 5.41) is 9.62. The number of carboxylic acid groups (broad SMARTS) is 1. The Kier molecular flexibility index (Phi) is 7.62. The molecule has 0 saturated carbocycles. The average Bonchev–Trinajstić information content (AvgIpc) is 3.04. The van der Waals surface area contributed by atoms with Crippen molar-refractivity contribution in [1.29, 1.82) is 0 Å². The van der Waals surface area contributed by atoms with Crippen LogP contribution in [0.5, 0.6) is 0 Å². The van der Waals surface area contributed by atoms with Crippen molar-refractivity contribution in [1.82, 2.24) is 4.90 Å². The molecule has 1 saturated heterocycles. The van der Waals surface area contributed by atoms with Crippen LogP contribution in [0, 0.1) is 20.8 Å². The first-order valence-electron chi connectivity index (χ1n) is 13.6. The zero-order valence-electron chi connectivity index (χ0n) is 22.6. The number of alkyl halides is 1. The second-order valence-corrected chi connectivity index (χ2v) is 10.8. The van der Waals surface area contributed by atoms with Crippen molar-refractivity contribution in [3.05, 3.63) is 110 Å². The lowest BCUT2D eigenvalue weighted by molar-refractivity contribution is 0.0696. The van der Waals surface area contributed by atoms with Gasteiger partial charge in [0.05, 0.1) is 12.2 Å². The van der Waals surface area contributed by atoms with Crippen LogP contribution in [0.25, 0.3) is 17.2 Å². The number of nitrogens with zero attached hydrogens (tertiary/aromatic N) is 1. The van der Waals surface area contributed by atoms with Crippen molar-refractivity contribution in [2.75, 3.05) is 26.3 Å². The van der Waals surface area contributed by atoms with Gasteiger partial charge in [0.25, 0.3) is 0 Å². The first-order chi connectivity index (χ1) is 18.3. The van der Waals surface area contributed by atoms with Crippen LogP contribution in [0.15, 0.2) is 60.2 Å². The lowest BCUT2D eigenvalue weighted by Gasteiger charge is -2.33. The standard InChI is InChI=1S/C34H36FNO2/c1-22-16-23(2)32(24(3)17-22)31-7-4-6-28-19-29(34(37)38)12-13-30(28)33(31)27-10-8-25(9-11-27)18-26-20-36(21-26)15-5-14-35/h8-13,16-19H,4-7,14-15,20-21H2,1-3H3,(H,37,38). The van der Waals surface area contributed by atoms with Gasteiger partial charge in [-0.25, -0.2) is 4.79 Å². The van der Waals surface area contributed by atoms with E-state index < -0.39 is 5.97 Å². The maximum atomic E-state index is 12.4. The number of halogens is 1. The summed E-state index contributed by atoms with van der Waals surface area (Å²) in [6.07, 6.45) is 5.63. The smallest absolute Gasteiger partial charge is 0.335 e. The normalized spacial score (nSPS) is 15.6. The fourth-order valence-electron chi connectivity index (χ4n) is 6.20. The molecule has 4 heteroatoms. The number of allylic oxidation sites excluding steroid dienone is 1. The molecular formula is C34H36FNO2. The molecule has 0 amide bonds. The summed E-state index contributed by atoms with van der Waals surface area (Å²) in [5.74, 6) is -0.885. The van der Waals surface area contributed by atoms with Crippen molar-refractivity contribution in [2.24, 2.45) is 0 Å². The molecule has 3 nitrogen and oxygen atoms in total. The van der Waals surface area contributed by atoms with E-state index in [-0.39, 0.29) is 6.67 Å². The van der Waals surface area contributed by atoms with Crippen LogP contribution < -0.4 is 0 Å². The van der Waals surface area contributed by atoms with Crippen molar-refractivity contribution in [2.45, 2.75) is 46.5 Å². The van der Waals surface area contributed by atoms with E-state index in [0.717, 1.165) is 55.6 Å². The van der Waals surface area contributed by atoms with Crippen LogP contribution in [0.2, 0.25) is 0 Å². The zero-order chi connectivity index (χ0) is 26.8. The number of hydrogen-bond donors (Lipinski definition) is 1. The third-order valence-corrected chi connectivity index (χ3v) is 7.81. The number of aromatic carboxylic acids is 1. The van der Waals surface area contributed by atoms with Crippen LogP contribution in [0.3, 0.4) is 0 Å². The van der Waals surface area contributed by atoms with Crippen LogP contribution >= 0.6 is 0 Å². The van der Waals surface area contributed by atoms with Gasteiger partial charge in [0.2, 0.25) is 0 Å². The molecule has 3 aromatic carbocycles. The molecule has 0 aromatic heterocycles. The summed E-state index contributed by atoms with van der Waals surface area (Å²) >= 11 is 0. The van der Waals surface area contributed by atoms with Crippen molar-refractivity contribution < 1.29 is 14.3 Å². The molecule has 3 aromatic rings. The van der Waals surface area contributed by atoms with Crippen LogP contribution in [-0.4, -0.2) is 42.3 Å². The quantitative estimate of drug-likeness (QED) is 0.355. The number of benzene rings is 3. The predicted octanol–water partition coefficient (Wildman–Crippen LogP) is 7.66. The molecular weight excluding hydrogens is 473 g/mol. The highest BCUT2D eigenvalue weighted by Gasteiger charge is 2.24. The molecule has 1 fully saturated rings. The molecule has 1 aliphatic carbocycles. The highest BCUT2D eigenvalue weighted by molar-refractivity contribution is 6.01. The van der Waals surface area contributed by atoms with Gasteiger partial charge in [-0.1, -0.05) is 54.1 Å². The molecule has 5 rings (SSSR count). The van der Waals surface area contributed by atoms with Gasteiger partial charge in [-0.2, -0.15) is 0 Å². The largest absolute Gasteiger partial charge is 0.478 e. The number of likely N-dealkylation sites (tertiary alicyclic amines) is 1. The van der Waals surface area contributed by atoms with Gasteiger partial charge in [-0.15, -0.1) is 0 Å². The number of rotatable bonds is 7. The summed E-state index contributed by atoms with van der Waals surface area (Å²) < 4.78 is 12.4. The Morgan fingerprint density at radius 3 is 2.34 bits per heavy atom. The van der Waals surface area contributed by atoms with E-state index >= 15 is 0 Å². The van der Waals surface area contributed by atoms with Crippen LogP contribution in [-0.2, 0) is 6.42 Å². The van der Waals surface area contributed by atoms with E-state index in [1.54, 1.807) is 6.07 Å². The highest BCUT2D eigenvalue weighted by Crippen LogP contribution is 2.42. The molecule has 0 radical (unpaired) electrons. The Morgan fingerprint density at radius 2 is 1.68 bits per heavy atom. The Balaban J connectivity index is 1.58. The van der Waals surface area contributed by atoms with Gasteiger partial charge >= 0.3 is 5.97 Å². The minimum absolute atomic E-state index is 0.253. The third-order valence-electron chi connectivity index (χ3n) is 7.81. The van der Waals surface area contributed by atoms with Crippen LogP contribution in [0.4, 0.5) is 4.39 Å². The lowest BCUT2D eigenvalue weighted by atomic mass is 9.84. The van der Waals surface area contributed by atoms with Crippen molar-refractivity contribution in [3.63, 3.8) is 0 Å². The number of hydrogen-bond acceptors (Lipinski definition) is 2. The third kappa shape index (κ3) is 5.37. The van der Waals surface area contributed by atoms with E-state index in [2.05, 4.69) is 68.1 Å². The Hall–Kier alpha value is -3.50. The average molecular weight is 510 g/mol. The van der Waals surface area contributed by atoms with Gasteiger partial charge in [-0.3, -0.25) is 9.29 Å². The fraction of sp³-hybridized carbons (Fsp3) is 0.324.